The molecule has 4 aromatic rings. The molecule has 0 fully saturated rings. The average molecular weight is 634 g/mol. The minimum Gasteiger partial charge on any atom is -0.508 e. The van der Waals surface area contributed by atoms with Crippen molar-refractivity contribution in [3.05, 3.63) is 89.3 Å². The fraction of sp³-hybridized carbons (Fsp3) is 0.361. The Labute approximate surface area is 269 Å². The van der Waals surface area contributed by atoms with Gasteiger partial charge in [0.05, 0.1) is 18.9 Å². The Bertz CT molecular complexity index is 1620. The predicted molar refractivity (Wildman–Crippen MR) is 174 cm³/mol. The number of hydrogen-bond donors (Lipinski definition) is 2. The summed E-state index contributed by atoms with van der Waals surface area (Å²) in [5.41, 5.74) is 1.04. The normalized spacial score (nSPS) is 11.2. The topological polar surface area (TPSA) is 138 Å². The number of carboxylic acid groups (broad SMARTS) is 1. The zero-order valence-electron chi connectivity index (χ0n) is 27.7. The van der Waals surface area contributed by atoms with Crippen LogP contribution in [0.2, 0.25) is 0 Å². The first-order chi connectivity index (χ1) is 21.6. The third-order valence-corrected chi connectivity index (χ3v) is 6.84. The molecule has 0 bridgehead atoms. The van der Waals surface area contributed by atoms with Crippen LogP contribution in [0.5, 0.6) is 23.0 Å². The summed E-state index contributed by atoms with van der Waals surface area (Å²) in [7, 11) is 0. The fourth-order valence-corrected chi connectivity index (χ4v) is 4.14. The van der Waals surface area contributed by atoms with Gasteiger partial charge in [0.2, 0.25) is 5.89 Å². The number of aryl methyl sites for hydroxylation is 3. The fourth-order valence-electron chi connectivity index (χ4n) is 4.14. The number of hydrogen-bond acceptors (Lipinski definition) is 9. The molecule has 1 heterocycles. The average Bonchev–Trinajstić information content (AvgIpc) is 3.37. The van der Waals surface area contributed by atoms with Gasteiger partial charge in [0.1, 0.15) is 28.8 Å². The third kappa shape index (κ3) is 9.76. The number of aromatic hydroxyl groups is 1. The second-order valence-corrected chi connectivity index (χ2v) is 11.6. The molecule has 46 heavy (non-hydrogen) atoms. The largest absolute Gasteiger partial charge is 0.508 e. The van der Waals surface area contributed by atoms with Crippen LogP contribution < -0.4 is 14.2 Å². The van der Waals surface area contributed by atoms with Crippen molar-refractivity contribution in [1.82, 2.24) is 4.98 Å². The van der Waals surface area contributed by atoms with Gasteiger partial charge < -0.3 is 33.6 Å². The smallest absolute Gasteiger partial charge is 0.349 e. The highest BCUT2D eigenvalue weighted by Gasteiger charge is 2.32. The van der Waals surface area contributed by atoms with E-state index < -0.39 is 23.1 Å². The molecule has 0 saturated carbocycles. The van der Waals surface area contributed by atoms with Crippen LogP contribution in [0.1, 0.15) is 57.2 Å². The molecule has 0 aliphatic carbocycles. The molecule has 10 heteroatoms. The van der Waals surface area contributed by atoms with E-state index in [1.165, 1.54) is 19.9 Å². The van der Waals surface area contributed by atoms with Crippen LogP contribution in [0.15, 0.2) is 71.1 Å². The number of aliphatic carboxylic acids is 1. The van der Waals surface area contributed by atoms with Crippen LogP contribution in [0.4, 0.5) is 0 Å². The van der Waals surface area contributed by atoms with Crippen LogP contribution in [-0.2, 0) is 20.7 Å². The van der Waals surface area contributed by atoms with Crippen molar-refractivity contribution in [3.63, 3.8) is 0 Å². The third-order valence-electron chi connectivity index (χ3n) is 6.84. The SMILES string of the molecule is CCOC(=O)C(C)(C)Oc1ccc(O)cc1C.Cc1cc(OCCc2nc(-c3ccccc3)oc2C)ccc1OC(C)(C)C(=O)O. The van der Waals surface area contributed by atoms with Crippen molar-refractivity contribution in [2.24, 2.45) is 0 Å². The lowest BCUT2D eigenvalue weighted by molar-refractivity contribution is -0.158. The molecule has 10 nitrogen and oxygen atoms in total. The lowest BCUT2D eigenvalue weighted by Crippen LogP contribution is -2.39. The van der Waals surface area contributed by atoms with Gasteiger partial charge in [-0.15, -0.1) is 0 Å². The van der Waals surface area contributed by atoms with Crippen LogP contribution >= 0.6 is 0 Å². The van der Waals surface area contributed by atoms with Crippen LogP contribution in [0.3, 0.4) is 0 Å². The van der Waals surface area contributed by atoms with Crippen LogP contribution in [-0.4, -0.2) is 51.6 Å². The van der Waals surface area contributed by atoms with Gasteiger partial charge in [-0.3, -0.25) is 0 Å². The first kappa shape index (κ1) is 35.5. The summed E-state index contributed by atoms with van der Waals surface area (Å²) >= 11 is 0. The number of carbonyl (C=O) groups is 2. The Kier molecular flexibility index (Phi) is 11.8. The summed E-state index contributed by atoms with van der Waals surface area (Å²) in [5, 5.41) is 18.5. The zero-order valence-corrected chi connectivity index (χ0v) is 27.7. The number of phenols is 1. The van der Waals surface area contributed by atoms with Crippen molar-refractivity contribution in [2.75, 3.05) is 13.2 Å². The molecule has 0 amide bonds. The van der Waals surface area contributed by atoms with Crippen molar-refractivity contribution >= 4 is 11.9 Å². The highest BCUT2D eigenvalue weighted by Crippen LogP contribution is 2.28. The summed E-state index contributed by atoms with van der Waals surface area (Å²) in [4.78, 5) is 27.5. The van der Waals surface area contributed by atoms with Crippen molar-refractivity contribution in [2.45, 2.75) is 73.0 Å². The molecule has 0 atom stereocenters. The van der Waals surface area contributed by atoms with Gasteiger partial charge in [0.25, 0.3) is 0 Å². The van der Waals surface area contributed by atoms with Gasteiger partial charge in [-0.05, 0) is 115 Å². The second kappa shape index (κ2) is 15.3. The number of nitrogens with zero attached hydrogens (tertiary/aromatic N) is 1. The first-order valence-corrected chi connectivity index (χ1v) is 15.0. The summed E-state index contributed by atoms with van der Waals surface area (Å²) in [6, 6.07) is 19.8. The van der Waals surface area contributed by atoms with E-state index in [9.17, 15) is 19.8 Å². The van der Waals surface area contributed by atoms with Crippen LogP contribution in [0.25, 0.3) is 11.5 Å². The predicted octanol–water partition coefficient (Wildman–Crippen LogP) is 7.24. The van der Waals surface area contributed by atoms with Gasteiger partial charge in [0.15, 0.2) is 11.2 Å². The molecule has 0 saturated heterocycles. The van der Waals surface area contributed by atoms with Crippen molar-refractivity contribution in [1.29, 1.82) is 0 Å². The van der Waals surface area contributed by atoms with Gasteiger partial charge >= 0.3 is 11.9 Å². The Morgan fingerprint density at radius 1 is 0.848 bits per heavy atom. The number of rotatable bonds is 12. The molecule has 0 radical (unpaired) electrons. The monoisotopic (exact) mass is 633 g/mol. The summed E-state index contributed by atoms with van der Waals surface area (Å²) in [6.45, 7) is 14.4. The maximum Gasteiger partial charge on any atom is 0.349 e. The number of benzene rings is 3. The number of carboxylic acids is 1. The molecular weight excluding hydrogens is 590 g/mol. The molecule has 4 rings (SSSR count). The molecule has 2 N–H and O–H groups in total. The van der Waals surface area contributed by atoms with Gasteiger partial charge in [0, 0.05) is 12.0 Å². The van der Waals surface area contributed by atoms with E-state index in [1.807, 2.05) is 50.2 Å². The second-order valence-electron chi connectivity index (χ2n) is 11.6. The molecule has 3 aromatic carbocycles. The van der Waals surface area contributed by atoms with Crippen molar-refractivity contribution in [3.8, 4) is 34.5 Å². The van der Waals surface area contributed by atoms with E-state index in [4.69, 9.17) is 23.4 Å². The van der Waals surface area contributed by atoms with E-state index in [1.54, 1.807) is 52.0 Å². The Morgan fingerprint density at radius 2 is 1.46 bits per heavy atom. The standard InChI is InChI=1S/C23H25NO5.C13H18O4/c1-15-14-18(10-11-20(15)29-23(3,4)22(25)26)27-13-12-19-16(2)28-21(24-19)17-8-6-5-7-9-17;1-5-16-12(15)13(3,4)17-11-7-6-10(14)8-9(11)2/h5-11,14H,12-13H2,1-4H3,(H,25,26);6-8,14H,5H2,1-4H3. The number of phenolic OH excluding ortho intramolecular Hbond substituents is 1. The van der Waals surface area contributed by atoms with Gasteiger partial charge in [-0.25, -0.2) is 14.6 Å². The summed E-state index contributed by atoms with van der Waals surface area (Å²) < 4.78 is 27.8. The number of oxazole rings is 1. The van der Waals surface area contributed by atoms with Crippen LogP contribution in [0, 0.1) is 20.8 Å². The number of aromatic nitrogens is 1. The maximum atomic E-state index is 11.7. The molecule has 0 unspecified atom stereocenters. The number of esters is 1. The minimum atomic E-state index is -1.30. The molecule has 0 spiro atoms. The molecule has 0 aliphatic rings. The number of ether oxygens (including phenoxy) is 4. The summed E-state index contributed by atoms with van der Waals surface area (Å²) in [5.74, 6) is 1.89. The molecular formula is C36H43NO9. The lowest BCUT2D eigenvalue weighted by Gasteiger charge is -2.25. The van der Waals surface area contributed by atoms with E-state index in [0.717, 1.165) is 28.1 Å². The van der Waals surface area contributed by atoms with E-state index in [0.29, 0.717) is 42.8 Å². The first-order valence-electron chi connectivity index (χ1n) is 15.0. The minimum absolute atomic E-state index is 0.170. The Morgan fingerprint density at radius 3 is 2.04 bits per heavy atom. The highest BCUT2D eigenvalue weighted by atomic mass is 16.6. The Hall–Kier alpha value is -4.99. The van der Waals surface area contributed by atoms with E-state index >= 15 is 0 Å². The maximum absolute atomic E-state index is 11.7. The molecule has 1 aromatic heterocycles. The van der Waals surface area contributed by atoms with Gasteiger partial charge in [-0.2, -0.15) is 0 Å². The van der Waals surface area contributed by atoms with E-state index in [-0.39, 0.29) is 5.75 Å². The van der Waals surface area contributed by atoms with E-state index in [2.05, 4.69) is 4.98 Å². The van der Waals surface area contributed by atoms with Crippen molar-refractivity contribution < 1.29 is 43.2 Å². The highest BCUT2D eigenvalue weighted by molar-refractivity contribution is 5.79. The number of carbonyl (C=O) groups excluding carboxylic acids is 1. The quantitative estimate of drug-likeness (QED) is 0.154. The molecule has 246 valence electrons. The van der Waals surface area contributed by atoms with Gasteiger partial charge in [-0.1, -0.05) is 18.2 Å². The molecule has 0 aliphatic heterocycles. The lowest BCUT2D eigenvalue weighted by atomic mass is 10.1. The Balaban J connectivity index is 0.000000289. The zero-order chi connectivity index (χ0) is 34.1. The summed E-state index contributed by atoms with van der Waals surface area (Å²) in [6.07, 6.45) is 0.617.